The Morgan fingerprint density at radius 1 is 1.18 bits per heavy atom. The van der Waals surface area contributed by atoms with Crippen LogP contribution in [0.5, 0.6) is 0 Å². The summed E-state index contributed by atoms with van der Waals surface area (Å²) in [6, 6.07) is 0. The molecule has 11 nitrogen and oxygen atoms in total. The molecule has 0 spiro atoms. The van der Waals surface area contributed by atoms with E-state index in [1.165, 1.54) is 0 Å². The van der Waals surface area contributed by atoms with Gasteiger partial charge < -0.3 is 45.2 Å². The van der Waals surface area contributed by atoms with Crippen molar-refractivity contribution < 1.29 is 54.3 Å². The summed E-state index contributed by atoms with van der Waals surface area (Å²) in [5.74, 6) is 0. The zero-order valence-electron chi connectivity index (χ0n) is 11.6. The molecule has 0 bridgehead atoms. The molecule has 0 aliphatic carbocycles. The minimum atomic E-state index is -5.18. The van der Waals surface area contributed by atoms with Crippen molar-refractivity contribution in [2.24, 2.45) is 0 Å². The molecule has 0 aromatic carbocycles. The van der Waals surface area contributed by atoms with Crippen LogP contribution in [0.25, 0.3) is 0 Å². The average Bonchev–Trinajstić information content (AvgIpc) is 2.42. The van der Waals surface area contributed by atoms with Crippen LogP contribution < -0.4 is 0 Å². The Hall–Kier alpha value is -0.170. The molecule has 1 fully saturated rings. The number of aliphatic hydroxyl groups excluding tert-OH is 6. The fourth-order valence-electron chi connectivity index (χ4n) is 2.32. The van der Waals surface area contributed by atoms with Gasteiger partial charge in [0, 0.05) is 0 Å². The molecular formula is C10H21O11P. The monoisotopic (exact) mass is 348 g/mol. The van der Waals surface area contributed by atoms with Crippen LogP contribution in [-0.4, -0.2) is 95.9 Å². The summed E-state index contributed by atoms with van der Waals surface area (Å²) in [5, 5.41) is 57.3. The first-order chi connectivity index (χ1) is 9.97. The highest BCUT2D eigenvalue weighted by Crippen LogP contribution is 2.46. The Morgan fingerprint density at radius 2 is 1.73 bits per heavy atom. The second-order valence-electron chi connectivity index (χ2n) is 5.21. The van der Waals surface area contributed by atoms with Gasteiger partial charge in [0.15, 0.2) is 0 Å². The number of hydrogen-bond donors (Lipinski definition) is 8. The Bertz CT molecular complexity index is 412. The highest BCUT2D eigenvalue weighted by molar-refractivity contribution is 7.46. The summed E-state index contributed by atoms with van der Waals surface area (Å²) < 4.78 is 20.7. The standard InChI is InChI=1S/C10H21O11P/c1-10(5(13)3-12,21-22(17,18)19)9-8(16)7(15)6(14)4(2-11)20-9/h4-9,11-16H,2-3H2,1H3,(H2,17,18,19)/t4-,5?,6+,7+,8-,9?,10?/m1/s1. The lowest BCUT2D eigenvalue weighted by Gasteiger charge is -2.48. The minimum Gasteiger partial charge on any atom is -0.394 e. The first kappa shape index (κ1) is 19.9. The van der Waals surface area contributed by atoms with E-state index in [0.717, 1.165) is 6.92 Å². The third-order valence-electron chi connectivity index (χ3n) is 3.61. The molecule has 22 heavy (non-hydrogen) atoms. The maximum absolute atomic E-state index is 11.1. The highest BCUT2D eigenvalue weighted by atomic mass is 31.2. The molecule has 0 aromatic rings. The summed E-state index contributed by atoms with van der Waals surface area (Å²) in [4.78, 5) is 17.9. The molecule has 1 saturated heterocycles. The minimum absolute atomic E-state index is 0.775. The number of phosphoric acid groups is 1. The lowest BCUT2D eigenvalue weighted by atomic mass is 9.83. The fraction of sp³-hybridized carbons (Fsp3) is 1.00. The molecule has 3 unspecified atom stereocenters. The molecular weight excluding hydrogens is 327 g/mol. The number of aliphatic hydroxyl groups is 6. The van der Waals surface area contributed by atoms with Crippen molar-refractivity contribution >= 4 is 7.82 Å². The van der Waals surface area contributed by atoms with Gasteiger partial charge in [0.2, 0.25) is 0 Å². The molecule has 1 rings (SSSR count). The van der Waals surface area contributed by atoms with Crippen molar-refractivity contribution in [3.8, 4) is 0 Å². The maximum atomic E-state index is 11.1. The van der Waals surface area contributed by atoms with Gasteiger partial charge >= 0.3 is 7.82 Å². The van der Waals surface area contributed by atoms with Crippen LogP contribution in [0.3, 0.4) is 0 Å². The van der Waals surface area contributed by atoms with Gasteiger partial charge in [0.25, 0.3) is 0 Å². The summed E-state index contributed by atoms with van der Waals surface area (Å²) in [6.07, 6.45) is -10.5. The molecule has 0 amide bonds. The van der Waals surface area contributed by atoms with Gasteiger partial charge in [-0.15, -0.1) is 0 Å². The Kier molecular flexibility index (Phi) is 6.47. The van der Waals surface area contributed by atoms with Crippen molar-refractivity contribution in [2.75, 3.05) is 13.2 Å². The summed E-state index contributed by atoms with van der Waals surface area (Å²) in [7, 11) is -5.18. The van der Waals surface area contributed by atoms with Crippen LogP contribution in [0.4, 0.5) is 0 Å². The summed E-state index contributed by atoms with van der Waals surface area (Å²) in [6.45, 7) is -0.825. The molecule has 132 valence electrons. The third kappa shape index (κ3) is 4.02. The molecule has 1 aliphatic heterocycles. The van der Waals surface area contributed by atoms with Crippen LogP contribution in [0.15, 0.2) is 0 Å². The zero-order chi connectivity index (χ0) is 17.3. The van der Waals surface area contributed by atoms with Crippen molar-refractivity contribution in [1.82, 2.24) is 0 Å². The van der Waals surface area contributed by atoms with Crippen LogP contribution in [-0.2, 0) is 13.8 Å². The number of ether oxygens (including phenoxy) is 1. The van der Waals surface area contributed by atoms with Gasteiger partial charge in [-0.05, 0) is 6.92 Å². The molecule has 0 radical (unpaired) electrons. The third-order valence-corrected chi connectivity index (χ3v) is 4.24. The molecule has 1 aliphatic rings. The van der Waals surface area contributed by atoms with Crippen LogP contribution >= 0.6 is 7.82 Å². The van der Waals surface area contributed by atoms with Crippen LogP contribution in [0.2, 0.25) is 0 Å². The summed E-state index contributed by atoms with van der Waals surface area (Å²) in [5.41, 5.74) is -2.33. The van der Waals surface area contributed by atoms with E-state index in [9.17, 15) is 25.0 Å². The summed E-state index contributed by atoms with van der Waals surface area (Å²) >= 11 is 0. The van der Waals surface area contributed by atoms with Crippen LogP contribution in [0, 0.1) is 0 Å². The van der Waals surface area contributed by atoms with Crippen molar-refractivity contribution in [1.29, 1.82) is 0 Å². The number of phosphoric ester groups is 1. The average molecular weight is 348 g/mol. The van der Waals surface area contributed by atoms with Gasteiger partial charge in [-0.3, -0.25) is 4.52 Å². The molecule has 12 heteroatoms. The molecule has 8 N–H and O–H groups in total. The quantitative estimate of drug-likeness (QED) is 0.218. The molecule has 0 saturated carbocycles. The van der Waals surface area contributed by atoms with E-state index in [1.807, 2.05) is 0 Å². The van der Waals surface area contributed by atoms with Crippen molar-refractivity contribution in [2.45, 2.75) is 49.1 Å². The fourth-order valence-corrected chi connectivity index (χ4v) is 3.05. The van der Waals surface area contributed by atoms with E-state index in [-0.39, 0.29) is 0 Å². The number of hydrogen-bond acceptors (Lipinski definition) is 9. The second-order valence-corrected chi connectivity index (χ2v) is 6.38. The largest absolute Gasteiger partial charge is 0.470 e. The van der Waals surface area contributed by atoms with E-state index < -0.39 is 63.3 Å². The van der Waals surface area contributed by atoms with Crippen molar-refractivity contribution in [3.63, 3.8) is 0 Å². The number of rotatable bonds is 6. The van der Waals surface area contributed by atoms with Gasteiger partial charge in [0.05, 0.1) is 13.2 Å². The first-order valence-corrected chi connectivity index (χ1v) is 7.86. The van der Waals surface area contributed by atoms with Gasteiger partial charge in [0.1, 0.15) is 42.2 Å². The van der Waals surface area contributed by atoms with E-state index in [2.05, 4.69) is 4.52 Å². The molecule has 7 atom stereocenters. The van der Waals surface area contributed by atoms with Gasteiger partial charge in [-0.1, -0.05) is 0 Å². The zero-order valence-corrected chi connectivity index (χ0v) is 12.5. The Labute approximate surface area is 125 Å². The normalized spacial score (nSPS) is 37.6. The Morgan fingerprint density at radius 3 is 2.14 bits per heavy atom. The second kappa shape index (κ2) is 7.16. The predicted molar refractivity (Wildman–Crippen MR) is 68.4 cm³/mol. The predicted octanol–water partition coefficient (Wildman–Crippen LogP) is -3.95. The lowest BCUT2D eigenvalue weighted by Crippen LogP contribution is -2.68. The smallest absolute Gasteiger partial charge is 0.394 e. The van der Waals surface area contributed by atoms with E-state index >= 15 is 0 Å². The SMILES string of the molecule is CC(OP(=O)(O)O)(C(O)CO)C1O[C@H](CO)[C@H](O)[C@H](O)[C@H]1O. The van der Waals surface area contributed by atoms with Crippen molar-refractivity contribution in [3.05, 3.63) is 0 Å². The van der Waals surface area contributed by atoms with E-state index in [1.54, 1.807) is 0 Å². The van der Waals surface area contributed by atoms with Crippen LogP contribution in [0.1, 0.15) is 6.92 Å². The Balaban J connectivity index is 3.20. The van der Waals surface area contributed by atoms with Gasteiger partial charge in [-0.2, -0.15) is 0 Å². The highest BCUT2D eigenvalue weighted by Gasteiger charge is 2.56. The topological polar surface area (TPSA) is 197 Å². The van der Waals surface area contributed by atoms with Gasteiger partial charge in [-0.25, -0.2) is 4.57 Å². The first-order valence-electron chi connectivity index (χ1n) is 6.33. The van der Waals surface area contributed by atoms with E-state index in [0.29, 0.717) is 0 Å². The molecule has 1 heterocycles. The maximum Gasteiger partial charge on any atom is 0.470 e. The van der Waals surface area contributed by atoms with E-state index in [4.69, 9.17) is 24.7 Å². The lowest BCUT2D eigenvalue weighted by molar-refractivity contribution is -0.279. The molecule has 0 aromatic heterocycles.